The molecule has 0 radical (unpaired) electrons. The lowest BCUT2D eigenvalue weighted by molar-refractivity contribution is 0.737. The van der Waals surface area contributed by atoms with Crippen LogP contribution in [0, 0.1) is 5.92 Å². The van der Waals surface area contributed by atoms with Crippen molar-refractivity contribution in [1.82, 2.24) is 0 Å². The summed E-state index contributed by atoms with van der Waals surface area (Å²) in [5.41, 5.74) is 4.24. The smallest absolute Gasteiger partial charge is 0.0170 e. The fourth-order valence-electron chi connectivity index (χ4n) is 4.22. The summed E-state index contributed by atoms with van der Waals surface area (Å²) in [7, 11) is 0. The lowest BCUT2D eigenvalue weighted by Crippen LogP contribution is -2.05. The second kappa shape index (κ2) is 5.60. The average molecular weight is 320 g/mol. The Morgan fingerprint density at radius 3 is 1.56 bits per heavy atom. The molecule has 1 fully saturated rings. The van der Waals surface area contributed by atoms with Gasteiger partial charge in [0.25, 0.3) is 0 Å². The van der Waals surface area contributed by atoms with Crippen molar-refractivity contribution in [3.05, 3.63) is 108 Å². The first-order chi connectivity index (χ1) is 12.3. The summed E-state index contributed by atoms with van der Waals surface area (Å²) in [5, 5.41) is 5.36. The summed E-state index contributed by atoms with van der Waals surface area (Å²) >= 11 is 0. The fraction of sp³-hybridized carbons (Fsp3) is 0.120. The van der Waals surface area contributed by atoms with Crippen LogP contribution in [-0.2, 0) is 0 Å². The molecule has 4 aromatic rings. The van der Waals surface area contributed by atoms with E-state index in [2.05, 4.69) is 91.5 Å². The standard InChI is InChI=1S/C25H20/c1-17-16-24(17)25(22-14-6-10-18-8-2-4-12-20(18)22)23-15-7-11-19-9-3-5-13-21(19)23/h2-15,24-25H,1,16H2. The summed E-state index contributed by atoms with van der Waals surface area (Å²) in [6.45, 7) is 4.28. The Balaban J connectivity index is 1.80. The summed E-state index contributed by atoms with van der Waals surface area (Å²) in [6.07, 6.45) is 1.14. The topological polar surface area (TPSA) is 0 Å². The molecule has 0 amide bonds. The van der Waals surface area contributed by atoms with Crippen molar-refractivity contribution >= 4 is 21.5 Å². The highest BCUT2D eigenvalue weighted by atomic mass is 14.4. The molecule has 0 saturated heterocycles. The maximum atomic E-state index is 4.28. The van der Waals surface area contributed by atoms with Gasteiger partial charge in [-0.3, -0.25) is 0 Å². The van der Waals surface area contributed by atoms with Gasteiger partial charge in [-0.25, -0.2) is 0 Å². The molecule has 5 rings (SSSR count). The quantitative estimate of drug-likeness (QED) is 0.368. The molecular formula is C25H20. The molecule has 1 aliphatic carbocycles. The van der Waals surface area contributed by atoms with Crippen LogP contribution in [0.1, 0.15) is 23.5 Å². The lowest BCUT2D eigenvalue weighted by atomic mass is 9.82. The first-order valence-electron chi connectivity index (χ1n) is 8.96. The molecule has 1 saturated carbocycles. The zero-order chi connectivity index (χ0) is 16.8. The number of allylic oxidation sites excluding steroid dienone is 1. The molecule has 25 heavy (non-hydrogen) atoms. The van der Waals surface area contributed by atoms with Gasteiger partial charge < -0.3 is 0 Å². The van der Waals surface area contributed by atoms with Gasteiger partial charge in [0, 0.05) is 5.92 Å². The maximum Gasteiger partial charge on any atom is 0.0170 e. The largest absolute Gasteiger partial charge is 0.0995 e. The number of hydrogen-bond donors (Lipinski definition) is 0. The third-order valence-corrected chi connectivity index (χ3v) is 5.57. The molecule has 4 aromatic carbocycles. The maximum absolute atomic E-state index is 4.28. The second-order valence-electron chi connectivity index (χ2n) is 7.08. The van der Waals surface area contributed by atoms with Gasteiger partial charge in [-0.1, -0.05) is 97.1 Å². The van der Waals surface area contributed by atoms with E-state index in [1.807, 2.05) is 0 Å². The van der Waals surface area contributed by atoms with E-state index in [1.54, 1.807) is 0 Å². The van der Waals surface area contributed by atoms with Gasteiger partial charge in [0.1, 0.15) is 0 Å². The van der Waals surface area contributed by atoms with Crippen LogP contribution in [0.25, 0.3) is 21.5 Å². The summed E-state index contributed by atoms with van der Waals surface area (Å²) in [5.74, 6) is 0.932. The van der Waals surface area contributed by atoms with E-state index < -0.39 is 0 Å². The number of rotatable bonds is 3. The highest BCUT2D eigenvalue weighted by Crippen LogP contribution is 2.52. The molecule has 120 valence electrons. The molecule has 1 aliphatic rings. The predicted molar refractivity (Wildman–Crippen MR) is 107 cm³/mol. The van der Waals surface area contributed by atoms with Crippen LogP contribution in [0.2, 0.25) is 0 Å². The fourth-order valence-corrected chi connectivity index (χ4v) is 4.22. The number of benzene rings is 4. The van der Waals surface area contributed by atoms with E-state index in [1.165, 1.54) is 38.2 Å². The highest BCUT2D eigenvalue weighted by Gasteiger charge is 2.38. The Kier molecular flexibility index (Phi) is 3.24. The Hall–Kier alpha value is -2.86. The van der Waals surface area contributed by atoms with E-state index in [9.17, 15) is 0 Å². The molecule has 1 atom stereocenters. The van der Waals surface area contributed by atoms with Crippen LogP contribution in [0.5, 0.6) is 0 Å². The Morgan fingerprint density at radius 1 is 0.640 bits per heavy atom. The number of hydrogen-bond acceptors (Lipinski definition) is 0. The van der Waals surface area contributed by atoms with E-state index in [0.29, 0.717) is 11.8 Å². The van der Waals surface area contributed by atoms with Crippen LogP contribution in [0.3, 0.4) is 0 Å². The molecule has 0 spiro atoms. The van der Waals surface area contributed by atoms with Gasteiger partial charge in [0.15, 0.2) is 0 Å². The second-order valence-corrected chi connectivity index (χ2v) is 7.08. The van der Waals surface area contributed by atoms with Gasteiger partial charge in [0.05, 0.1) is 0 Å². The molecule has 0 aliphatic heterocycles. The van der Waals surface area contributed by atoms with Crippen molar-refractivity contribution in [3.63, 3.8) is 0 Å². The molecule has 0 aromatic heterocycles. The first kappa shape index (κ1) is 14.5. The third kappa shape index (κ3) is 2.37. The van der Waals surface area contributed by atoms with Gasteiger partial charge in [-0.2, -0.15) is 0 Å². The zero-order valence-electron chi connectivity index (χ0n) is 14.2. The van der Waals surface area contributed by atoms with Crippen LogP contribution in [-0.4, -0.2) is 0 Å². The van der Waals surface area contributed by atoms with Crippen molar-refractivity contribution in [3.8, 4) is 0 Å². The third-order valence-electron chi connectivity index (χ3n) is 5.57. The van der Waals surface area contributed by atoms with E-state index in [4.69, 9.17) is 0 Å². The molecule has 0 heterocycles. The van der Waals surface area contributed by atoms with Crippen molar-refractivity contribution in [2.45, 2.75) is 12.3 Å². The van der Waals surface area contributed by atoms with E-state index in [0.717, 1.165) is 6.42 Å². The van der Waals surface area contributed by atoms with Crippen molar-refractivity contribution < 1.29 is 0 Å². The number of fused-ring (bicyclic) bond motifs is 2. The molecule has 0 nitrogen and oxygen atoms in total. The van der Waals surface area contributed by atoms with Crippen LogP contribution < -0.4 is 0 Å². The molecule has 0 bridgehead atoms. The Bertz CT molecular complexity index is 1010. The van der Waals surface area contributed by atoms with E-state index >= 15 is 0 Å². The van der Waals surface area contributed by atoms with Crippen molar-refractivity contribution in [1.29, 1.82) is 0 Å². The minimum atomic E-state index is 0.379. The molecule has 0 heteroatoms. The minimum Gasteiger partial charge on any atom is -0.0995 e. The predicted octanol–water partition coefficient (Wildman–Crippen LogP) is 6.70. The van der Waals surface area contributed by atoms with Gasteiger partial charge >= 0.3 is 0 Å². The summed E-state index contributed by atoms with van der Waals surface area (Å²) < 4.78 is 0. The Morgan fingerprint density at radius 2 is 1.08 bits per heavy atom. The zero-order valence-corrected chi connectivity index (χ0v) is 14.2. The highest BCUT2D eigenvalue weighted by molar-refractivity contribution is 5.90. The van der Waals surface area contributed by atoms with Crippen LogP contribution >= 0.6 is 0 Å². The normalized spacial score (nSPS) is 16.7. The average Bonchev–Trinajstić information content (AvgIpc) is 3.38. The summed E-state index contributed by atoms with van der Waals surface area (Å²) in [6, 6.07) is 30.9. The van der Waals surface area contributed by atoms with Crippen molar-refractivity contribution in [2.75, 3.05) is 0 Å². The molecular weight excluding hydrogens is 300 g/mol. The lowest BCUT2D eigenvalue weighted by Gasteiger charge is -2.21. The molecule has 0 N–H and O–H groups in total. The van der Waals surface area contributed by atoms with E-state index in [-0.39, 0.29) is 0 Å². The van der Waals surface area contributed by atoms with Gasteiger partial charge in [-0.15, -0.1) is 0 Å². The van der Waals surface area contributed by atoms with Gasteiger partial charge in [-0.05, 0) is 45.0 Å². The first-order valence-corrected chi connectivity index (χ1v) is 8.96. The molecule has 1 unspecified atom stereocenters. The minimum absolute atomic E-state index is 0.379. The van der Waals surface area contributed by atoms with Gasteiger partial charge in [0.2, 0.25) is 0 Å². The SMILES string of the molecule is C=C1CC1C(c1cccc2ccccc12)c1cccc2ccccc12. The monoisotopic (exact) mass is 320 g/mol. The summed E-state index contributed by atoms with van der Waals surface area (Å²) in [4.78, 5) is 0. The van der Waals surface area contributed by atoms with Crippen molar-refractivity contribution in [2.24, 2.45) is 5.92 Å². The van der Waals surface area contributed by atoms with Crippen LogP contribution in [0.4, 0.5) is 0 Å². The Labute approximate surface area is 148 Å². The van der Waals surface area contributed by atoms with Crippen LogP contribution in [0.15, 0.2) is 97.1 Å².